The molecule has 96 valence electrons. The summed E-state index contributed by atoms with van der Waals surface area (Å²) >= 11 is 9.50. The van der Waals surface area contributed by atoms with Crippen LogP contribution in [-0.2, 0) is 0 Å². The van der Waals surface area contributed by atoms with Gasteiger partial charge in [0.05, 0.1) is 5.02 Å². The normalized spacial score (nSPS) is 27.6. The Hall–Kier alpha value is -0.380. The first-order valence-corrected chi connectivity index (χ1v) is 7.65. The summed E-state index contributed by atoms with van der Waals surface area (Å²) in [6.45, 7) is 2.25. The number of fused-ring (bicyclic) bond motifs is 1. The highest BCUT2D eigenvalue weighted by Crippen LogP contribution is 2.40. The highest BCUT2D eigenvalue weighted by molar-refractivity contribution is 9.10. The number of nitrogens with zero attached hydrogens (tertiary/aromatic N) is 1. The second kappa shape index (κ2) is 5.32. The van der Waals surface area contributed by atoms with Gasteiger partial charge in [0.1, 0.15) is 4.60 Å². The third-order valence-electron chi connectivity index (χ3n) is 4.06. The molecule has 1 fully saturated rings. The Balaban J connectivity index is 1.94. The van der Waals surface area contributed by atoms with Crippen molar-refractivity contribution in [2.45, 2.75) is 19.3 Å². The lowest BCUT2D eigenvalue weighted by Gasteiger charge is -2.37. The molecule has 3 rings (SSSR count). The summed E-state index contributed by atoms with van der Waals surface area (Å²) in [6, 6.07) is 2.03. The van der Waals surface area contributed by atoms with E-state index in [1.807, 2.05) is 12.3 Å². The number of hydrogen-bond donors (Lipinski definition) is 1. The molecule has 2 atom stereocenters. The molecule has 0 radical (unpaired) electrons. The van der Waals surface area contributed by atoms with Crippen LogP contribution in [0.1, 0.15) is 24.8 Å². The molecular weight excluding hydrogens is 312 g/mol. The van der Waals surface area contributed by atoms with E-state index in [0.717, 1.165) is 23.6 Å². The lowest BCUT2D eigenvalue weighted by atomic mass is 9.73. The van der Waals surface area contributed by atoms with E-state index in [1.54, 1.807) is 0 Å². The van der Waals surface area contributed by atoms with Gasteiger partial charge in [-0.3, -0.25) is 0 Å². The van der Waals surface area contributed by atoms with Crippen LogP contribution < -0.4 is 5.32 Å². The molecule has 2 heterocycles. The predicted octanol–water partition coefficient (Wildman–Crippen LogP) is 3.90. The van der Waals surface area contributed by atoms with Gasteiger partial charge in [0, 0.05) is 12.7 Å². The number of hydrogen-bond acceptors (Lipinski definition) is 2. The lowest BCUT2D eigenvalue weighted by Crippen LogP contribution is -2.38. The highest BCUT2D eigenvalue weighted by atomic mass is 79.9. The van der Waals surface area contributed by atoms with Crippen LogP contribution >= 0.6 is 27.5 Å². The largest absolute Gasteiger partial charge is 0.316 e. The summed E-state index contributed by atoms with van der Waals surface area (Å²) in [5.41, 5.74) is 2.61. The maximum Gasteiger partial charge on any atom is 0.124 e. The maximum atomic E-state index is 6.16. The van der Waals surface area contributed by atoms with E-state index >= 15 is 0 Å². The quantitative estimate of drug-likeness (QED) is 0.791. The fourth-order valence-corrected chi connectivity index (χ4v) is 3.52. The molecule has 0 bridgehead atoms. The average molecular weight is 328 g/mol. The number of rotatable bonds is 1. The van der Waals surface area contributed by atoms with Gasteiger partial charge in [-0.1, -0.05) is 17.7 Å². The molecule has 0 unspecified atom stereocenters. The molecule has 18 heavy (non-hydrogen) atoms. The predicted molar refractivity (Wildman–Crippen MR) is 78.6 cm³/mol. The minimum atomic E-state index is 0.631. The summed E-state index contributed by atoms with van der Waals surface area (Å²) in [5, 5.41) is 4.20. The molecule has 0 aromatic carbocycles. The van der Waals surface area contributed by atoms with Crippen LogP contribution in [0.2, 0.25) is 5.02 Å². The number of allylic oxidation sites excluding steroid dienone is 1. The molecule has 0 saturated carbocycles. The zero-order valence-corrected chi connectivity index (χ0v) is 12.5. The van der Waals surface area contributed by atoms with Crippen LogP contribution in [-0.4, -0.2) is 18.1 Å². The number of nitrogens with one attached hydrogen (secondary N) is 1. The van der Waals surface area contributed by atoms with Crippen molar-refractivity contribution >= 4 is 33.1 Å². The molecule has 4 heteroatoms. The fraction of sp³-hybridized carbons (Fsp3) is 0.500. The van der Waals surface area contributed by atoms with Gasteiger partial charge in [0.15, 0.2) is 0 Å². The Bertz CT molecular complexity index is 487. The van der Waals surface area contributed by atoms with Gasteiger partial charge in [-0.15, -0.1) is 0 Å². The number of piperidine rings is 1. The van der Waals surface area contributed by atoms with E-state index in [4.69, 9.17) is 11.6 Å². The second-order valence-electron chi connectivity index (χ2n) is 5.09. The first-order valence-electron chi connectivity index (χ1n) is 6.48. The zero-order valence-electron chi connectivity index (χ0n) is 10.1. The van der Waals surface area contributed by atoms with Crippen LogP contribution in [0.25, 0.3) is 5.57 Å². The van der Waals surface area contributed by atoms with E-state index in [-0.39, 0.29) is 0 Å². The first-order chi connectivity index (χ1) is 8.75. The van der Waals surface area contributed by atoms with Crippen LogP contribution in [0, 0.1) is 11.8 Å². The minimum Gasteiger partial charge on any atom is -0.316 e. The van der Waals surface area contributed by atoms with E-state index in [9.17, 15) is 0 Å². The van der Waals surface area contributed by atoms with Crippen LogP contribution in [0.3, 0.4) is 0 Å². The third kappa shape index (κ3) is 2.36. The molecule has 1 N–H and O–H groups in total. The van der Waals surface area contributed by atoms with Gasteiger partial charge in [-0.2, -0.15) is 0 Å². The molecule has 1 aliphatic carbocycles. The van der Waals surface area contributed by atoms with Crippen LogP contribution in [0.4, 0.5) is 0 Å². The van der Waals surface area contributed by atoms with Gasteiger partial charge in [-0.05, 0) is 70.8 Å². The van der Waals surface area contributed by atoms with Gasteiger partial charge in [0.2, 0.25) is 0 Å². The summed E-state index contributed by atoms with van der Waals surface area (Å²) < 4.78 is 0.725. The molecule has 0 spiro atoms. The number of aromatic nitrogens is 1. The van der Waals surface area contributed by atoms with Crippen molar-refractivity contribution in [3.8, 4) is 0 Å². The summed E-state index contributed by atoms with van der Waals surface area (Å²) in [4.78, 5) is 4.31. The van der Waals surface area contributed by atoms with Crippen molar-refractivity contribution in [3.05, 3.63) is 33.5 Å². The van der Waals surface area contributed by atoms with E-state index in [1.165, 1.54) is 30.4 Å². The van der Waals surface area contributed by atoms with Gasteiger partial charge in [-0.25, -0.2) is 4.98 Å². The van der Waals surface area contributed by atoms with Gasteiger partial charge < -0.3 is 5.32 Å². The molecule has 1 aromatic heterocycles. The molecule has 1 aromatic rings. The minimum absolute atomic E-state index is 0.631. The van der Waals surface area contributed by atoms with Crippen LogP contribution in [0.15, 0.2) is 22.9 Å². The molecule has 1 saturated heterocycles. The first kappa shape index (κ1) is 12.6. The standard InChI is InChI=1S/C14H16BrClN2/c15-14-13(16)6-10(7-18-14)11-3-1-2-9-4-5-17-8-12(9)11/h3,6-7,9,12,17H,1-2,4-5,8H2/t9-,12+/m0/s1. The lowest BCUT2D eigenvalue weighted by molar-refractivity contribution is 0.285. The summed E-state index contributed by atoms with van der Waals surface area (Å²) in [5.74, 6) is 1.46. The zero-order chi connectivity index (χ0) is 12.5. The Kier molecular flexibility index (Phi) is 3.73. The topological polar surface area (TPSA) is 24.9 Å². The smallest absolute Gasteiger partial charge is 0.124 e. The van der Waals surface area contributed by atoms with Crippen molar-refractivity contribution in [2.75, 3.05) is 13.1 Å². The second-order valence-corrected chi connectivity index (χ2v) is 6.25. The molecular formula is C14H16BrClN2. The maximum absolute atomic E-state index is 6.16. The Morgan fingerprint density at radius 3 is 3.11 bits per heavy atom. The Labute approximate surface area is 121 Å². The molecule has 2 nitrogen and oxygen atoms in total. The molecule has 0 amide bonds. The Morgan fingerprint density at radius 1 is 1.39 bits per heavy atom. The number of halogens is 2. The monoisotopic (exact) mass is 326 g/mol. The highest BCUT2D eigenvalue weighted by Gasteiger charge is 2.30. The number of pyridine rings is 1. The van der Waals surface area contributed by atoms with Gasteiger partial charge >= 0.3 is 0 Å². The van der Waals surface area contributed by atoms with Crippen molar-refractivity contribution < 1.29 is 0 Å². The molecule has 1 aliphatic heterocycles. The third-order valence-corrected chi connectivity index (χ3v) is 5.20. The van der Waals surface area contributed by atoms with Crippen molar-refractivity contribution in [1.82, 2.24) is 10.3 Å². The van der Waals surface area contributed by atoms with Crippen molar-refractivity contribution in [2.24, 2.45) is 11.8 Å². The van der Waals surface area contributed by atoms with Crippen LogP contribution in [0.5, 0.6) is 0 Å². The summed E-state index contributed by atoms with van der Waals surface area (Å²) in [6.07, 6.45) is 8.10. The Morgan fingerprint density at radius 2 is 2.28 bits per heavy atom. The fourth-order valence-electron chi connectivity index (χ4n) is 3.14. The molecule has 2 aliphatic rings. The summed E-state index contributed by atoms with van der Waals surface area (Å²) in [7, 11) is 0. The van der Waals surface area contributed by atoms with E-state index in [0.29, 0.717) is 10.9 Å². The SMILES string of the molecule is Clc1cc(C2=CCC[C@H]3CCNC[C@@H]23)cnc1Br. The van der Waals surface area contributed by atoms with E-state index < -0.39 is 0 Å². The van der Waals surface area contributed by atoms with E-state index in [2.05, 4.69) is 32.3 Å². The van der Waals surface area contributed by atoms with Crippen molar-refractivity contribution in [3.63, 3.8) is 0 Å². The van der Waals surface area contributed by atoms with Gasteiger partial charge in [0.25, 0.3) is 0 Å². The average Bonchev–Trinajstić information content (AvgIpc) is 2.41. The van der Waals surface area contributed by atoms with Crippen molar-refractivity contribution in [1.29, 1.82) is 0 Å².